The third-order valence-corrected chi connectivity index (χ3v) is 7.10. The summed E-state index contributed by atoms with van der Waals surface area (Å²) >= 11 is 0. The number of benzene rings is 2. The van der Waals surface area contributed by atoms with Gasteiger partial charge in [0.25, 0.3) is 0 Å². The van der Waals surface area contributed by atoms with Crippen LogP contribution in [0.25, 0.3) is 11.1 Å². The minimum Gasteiger partial charge on any atom is -0.465 e. The van der Waals surface area contributed by atoms with Gasteiger partial charge in [-0.15, -0.1) is 0 Å². The molecule has 2 fully saturated rings. The van der Waals surface area contributed by atoms with E-state index in [2.05, 4.69) is 41.0 Å². The van der Waals surface area contributed by atoms with Crippen molar-refractivity contribution < 1.29 is 9.53 Å². The molecule has 4 rings (SSSR count). The van der Waals surface area contributed by atoms with Crippen molar-refractivity contribution in [3.63, 3.8) is 0 Å². The molecule has 0 radical (unpaired) electrons. The van der Waals surface area contributed by atoms with Crippen molar-refractivity contribution in [2.45, 2.75) is 45.1 Å². The van der Waals surface area contributed by atoms with E-state index in [0.717, 1.165) is 30.6 Å². The molecule has 0 bridgehead atoms. The Kier molecular flexibility index (Phi) is 6.73. The van der Waals surface area contributed by atoms with Gasteiger partial charge in [0, 0.05) is 37.9 Å². The van der Waals surface area contributed by atoms with Crippen LogP contribution in [0.2, 0.25) is 0 Å². The first kappa shape index (κ1) is 20.9. The highest BCUT2D eigenvalue weighted by atomic mass is 16.5. The second-order valence-corrected chi connectivity index (χ2v) is 8.72. The Balaban J connectivity index is 1.32. The maximum atomic E-state index is 11.6. The summed E-state index contributed by atoms with van der Waals surface area (Å²) in [6.45, 7) is 6.92. The van der Waals surface area contributed by atoms with E-state index in [4.69, 9.17) is 4.74 Å². The molecular weight excluding hydrogens is 372 g/mol. The van der Waals surface area contributed by atoms with E-state index in [0.29, 0.717) is 5.56 Å². The SMILES string of the molecule is CC[C@H]1CC[C@H](N2CCN(c3ccc(-c4ccc(C(=O)OC)cc4)cc3)CC2)CC1. The first-order chi connectivity index (χ1) is 14.7. The van der Waals surface area contributed by atoms with Crippen LogP contribution >= 0.6 is 0 Å². The molecule has 1 saturated carbocycles. The minimum atomic E-state index is -0.297. The summed E-state index contributed by atoms with van der Waals surface area (Å²) < 4.78 is 4.77. The van der Waals surface area contributed by atoms with Crippen LogP contribution in [-0.4, -0.2) is 50.2 Å². The van der Waals surface area contributed by atoms with Crippen molar-refractivity contribution in [1.29, 1.82) is 0 Å². The van der Waals surface area contributed by atoms with Gasteiger partial charge in [-0.1, -0.05) is 37.6 Å². The lowest BCUT2D eigenvalue weighted by molar-refractivity contribution is 0.0601. The van der Waals surface area contributed by atoms with Gasteiger partial charge >= 0.3 is 5.97 Å². The van der Waals surface area contributed by atoms with E-state index in [1.807, 2.05) is 24.3 Å². The monoisotopic (exact) mass is 406 g/mol. The lowest BCUT2D eigenvalue weighted by Crippen LogP contribution is -2.51. The zero-order chi connectivity index (χ0) is 20.9. The van der Waals surface area contributed by atoms with Gasteiger partial charge in [0.1, 0.15) is 0 Å². The maximum Gasteiger partial charge on any atom is 0.337 e. The number of methoxy groups -OCH3 is 1. The summed E-state index contributed by atoms with van der Waals surface area (Å²) in [5.74, 6) is 0.673. The van der Waals surface area contributed by atoms with Crippen LogP contribution < -0.4 is 4.90 Å². The van der Waals surface area contributed by atoms with Crippen LogP contribution in [0.5, 0.6) is 0 Å². The van der Waals surface area contributed by atoms with Crippen molar-refractivity contribution in [1.82, 2.24) is 4.90 Å². The van der Waals surface area contributed by atoms with Crippen LogP contribution in [-0.2, 0) is 4.74 Å². The van der Waals surface area contributed by atoms with Gasteiger partial charge in [-0.3, -0.25) is 4.90 Å². The highest BCUT2D eigenvalue weighted by Crippen LogP contribution is 2.31. The lowest BCUT2D eigenvalue weighted by Gasteiger charge is -2.42. The highest BCUT2D eigenvalue weighted by molar-refractivity contribution is 5.90. The fourth-order valence-electron chi connectivity index (χ4n) is 5.04. The largest absolute Gasteiger partial charge is 0.465 e. The number of anilines is 1. The zero-order valence-electron chi connectivity index (χ0n) is 18.3. The maximum absolute atomic E-state index is 11.6. The van der Waals surface area contributed by atoms with Crippen molar-refractivity contribution >= 4 is 11.7 Å². The molecule has 0 atom stereocenters. The van der Waals surface area contributed by atoms with Crippen LogP contribution in [0.3, 0.4) is 0 Å². The minimum absolute atomic E-state index is 0.297. The number of nitrogens with zero attached hydrogens (tertiary/aromatic N) is 2. The fraction of sp³-hybridized carbons (Fsp3) is 0.500. The quantitative estimate of drug-likeness (QED) is 0.637. The summed E-state index contributed by atoms with van der Waals surface area (Å²) in [5.41, 5.74) is 4.17. The van der Waals surface area contributed by atoms with E-state index >= 15 is 0 Å². The van der Waals surface area contributed by atoms with Gasteiger partial charge in [0.15, 0.2) is 0 Å². The van der Waals surface area contributed by atoms with Gasteiger partial charge < -0.3 is 9.64 Å². The molecule has 1 heterocycles. The number of ether oxygens (including phenoxy) is 1. The number of rotatable bonds is 5. The number of esters is 1. The predicted octanol–water partition coefficient (Wildman–Crippen LogP) is 5.23. The number of hydrogen-bond acceptors (Lipinski definition) is 4. The van der Waals surface area contributed by atoms with Crippen molar-refractivity contribution in [3.05, 3.63) is 54.1 Å². The zero-order valence-corrected chi connectivity index (χ0v) is 18.3. The van der Waals surface area contributed by atoms with E-state index in [-0.39, 0.29) is 5.97 Å². The Morgan fingerprint density at radius 2 is 1.43 bits per heavy atom. The van der Waals surface area contributed by atoms with E-state index in [1.54, 1.807) is 0 Å². The topological polar surface area (TPSA) is 32.8 Å². The Labute approximate surface area is 180 Å². The first-order valence-corrected chi connectivity index (χ1v) is 11.5. The van der Waals surface area contributed by atoms with Crippen LogP contribution in [0.1, 0.15) is 49.4 Å². The third kappa shape index (κ3) is 4.70. The van der Waals surface area contributed by atoms with Crippen LogP contribution in [0.4, 0.5) is 5.69 Å². The van der Waals surface area contributed by atoms with Gasteiger partial charge in [0.2, 0.25) is 0 Å². The van der Waals surface area contributed by atoms with Gasteiger partial charge in [0.05, 0.1) is 12.7 Å². The molecule has 0 unspecified atom stereocenters. The highest BCUT2D eigenvalue weighted by Gasteiger charge is 2.27. The Morgan fingerprint density at radius 3 is 1.97 bits per heavy atom. The molecular formula is C26H34N2O2. The Hall–Kier alpha value is -2.33. The molecule has 1 aliphatic heterocycles. The average molecular weight is 407 g/mol. The molecule has 0 amide bonds. The van der Waals surface area contributed by atoms with Crippen LogP contribution in [0.15, 0.2) is 48.5 Å². The first-order valence-electron chi connectivity index (χ1n) is 11.5. The molecule has 2 aromatic rings. The van der Waals surface area contributed by atoms with E-state index in [1.165, 1.54) is 63.6 Å². The molecule has 0 N–H and O–H groups in total. The molecule has 4 nitrogen and oxygen atoms in total. The van der Waals surface area contributed by atoms with Crippen LogP contribution in [0, 0.1) is 5.92 Å². The second kappa shape index (κ2) is 9.65. The van der Waals surface area contributed by atoms with Crippen molar-refractivity contribution in [2.75, 3.05) is 38.2 Å². The van der Waals surface area contributed by atoms with E-state index < -0.39 is 0 Å². The molecule has 4 heteroatoms. The summed E-state index contributed by atoms with van der Waals surface area (Å²) in [7, 11) is 1.41. The number of carbonyl (C=O) groups excluding carboxylic acids is 1. The lowest BCUT2D eigenvalue weighted by atomic mass is 9.84. The van der Waals surface area contributed by atoms with Crippen molar-refractivity contribution in [2.24, 2.45) is 5.92 Å². The molecule has 160 valence electrons. The van der Waals surface area contributed by atoms with Gasteiger partial charge in [-0.2, -0.15) is 0 Å². The summed E-state index contributed by atoms with van der Waals surface area (Å²) in [6.07, 6.45) is 6.97. The Morgan fingerprint density at radius 1 is 0.867 bits per heavy atom. The van der Waals surface area contributed by atoms with E-state index in [9.17, 15) is 4.79 Å². The molecule has 0 spiro atoms. The normalized spacial score (nSPS) is 22.7. The summed E-state index contributed by atoms with van der Waals surface area (Å²) in [5, 5.41) is 0. The molecule has 1 aliphatic carbocycles. The molecule has 30 heavy (non-hydrogen) atoms. The smallest absolute Gasteiger partial charge is 0.337 e. The second-order valence-electron chi connectivity index (χ2n) is 8.72. The number of carbonyl (C=O) groups is 1. The fourth-order valence-corrected chi connectivity index (χ4v) is 5.04. The predicted molar refractivity (Wildman–Crippen MR) is 123 cm³/mol. The standard InChI is InChI=1S/C26H34N2O2/c1-3-20-4-12-24(13-5-20)27-16-18-28(19-17-27)25-14-10-22(11-15-25)21-6-8-23(9-7-21)26(29)30-2/h6-11,14-15,20,24H,3-5,12-13,16-19H2,1-2H3/t20-,24-. The molecule has 2 aromatic carbocycles. The molecule has 0 aromatic heterocycles. The van der Waals surface area contributed by atoms with Crippen molar-refractivity contribution in [3.8, 4) is 11.1 Å². The third-order valence-electron chi connectivity index (χ3n) is 7.10. The number of piperazine rings is 1. The average Bonchev–Trinajstić information content (AvgIpc) is 2.84. The van der Waals surface area contributed by atoms with Gasteiger partial charge in [-0.05, 0) is 67.0 Å². The molecule has 2 aliphatic rings. The van der Waals surface area contributed by atoms with Gasteiger partial charge in [-0.25, -0.2) is 4.79 Å². The summed E-state index contributed by atoms with van der Waals surface area (Å²) in [6, 6.07) is 17.2. The Bertz CT molecular complexity index is 815. The number of hydrogen-bond donors (Lipinski definition) is 0. The molecule has 1 saturated heterocycles. The summed E-state index contributed by atoms with van der Waals surface area (Å²) in [4.78, 5) is 16.9.